The predicted octanol–water partition coefficient (Wildman–Crippen LogP) is 1.79. The number of hydrogen-bond acceptors (Lipinski definition) is 5. The number of hydrogen-bond donors (Lipinski definition) is 0. The van der Waals surface area contributed by atoms with E-state index in [4.69, 9.17) is 13.7 Å². The quantitative estimate of drug-likeness (QED) is 0.390. The van der Waals surface area contributed by atoms with Gasteiger partial charge in [-0.25, -0.2) is 0 Å². The zero-order valence-corrected chi connectivity index (χ0v) is 11.2. The summed E-state index contributed by atoms with van der Waals surface area (Å²) in [7, 11) is -2.07. The second kappa shape index (κ2) is 8.20. The molecule has 0 aliphatic carbocycles. The molecular formula is C12H18O5S. The molecule has 6 heteroatoms. The van der Waals surface area contributed by atoms with Crippen molar-refractivity contribution >= 4 is 10.1 Å². The average molecular weight is 274 g/mol. The molecule has 0 aliphatic heterocycles. The molecule has 1 aromatic carbocycles. The van der Waals surface area contributed by atoms with E-state index >= 15 is 0 Å². The smallest absolute Gasteiger partial charge is 0.296 e. The van der Waals surface area contributed by atoms with Crippen LogP contribution < -0.4 is 0 Å². The van der Waals surface area contributed by atoms with Gasteiger partial charge in [0.25, 0.3) is 10.1 Å². The lowest BCUT2D eigenvalue weighted by molar-refractivity contribution is -0.0319. The van der Waals surface area contributed by atoms with Gasteiger partial charge in [-0.15, -0.1) is 0 Å². The van der Waals surface area contributed by atoms with Crippen molar-refractivity contribution in [3.63, 3.8) is 0 Å². The van der Waals surface area contributed by atoms with Crippen LogP contribution in [0.2, 0.25) is 0 Å². The Bertz CT molecular complexity index is 415. The normalized spacial score (nSPS) is 11.6. The van der Waals surface area contributed by atoms with E-state index in [2.05, 4.69) is 0 Å². The fourth-order valence-corrected chi connectivity index (χ4v) is 2.24. The van der Waals surface area contributed by atoms with Gasteiger partial charge in [-0.1, -0.05) is 18.2 Å². The van der Waals surface area contributed by atoms with Crippen LogP contribution in [0.5, 0.6) is 0 Å². The van der Waals surface area contributed by atoms with Crippen molar-refractivity contribution < 1.29 is 22.1 Å². The maximum absolute atomic E-state index is 11.7. The summed E-state index contributed by atoms with van der Waals surface area (Å²) in [6, 6.07) is 8.10. The molecule has 0 saturated carbocycles. The topological polar surface area (TPSA) is 61.8 Å². The SMILES string of the molecule is COCOCCCCOS(=O)(=O)c1ccccc1. The maximum Gasteiger partial charge on any atom is 0.296 e. The molecule has 1 aromatic rings. The van der Waals surface area contributed by atoms with Crippen molar-refractivity contribution in [3.05, 3.63) is 30.3 Å². The van der Waals surface area contributed by atoms with Crippen LogP contribution in [0.25, 0.3) is 0 Å². The molecule has 0 heterocycles. The Labute approximate surface area is 108 Å². The van der Waals surface area contributed by atoms with Gasteiger partial charge >= 0.3 is 0 Å². The van der Waals surface area contributed by atoms with E-state index in [1.807, 2.05) is 0 Å². The zero-order chi connectivity index (χ0) is 13.3. The lowest BCUT2D eigenvalue weighted by Gasteiger charge is -2.05. The molecular weight excluding hydrogens is 256 g/mol. The highest BCUT2D eigenvalue weighted by Gasteiger charge is 2.13. The maximum atomic E-state index is 11.7. The fraction of sp³-hybridized carbons (Fsp3) is 0.500. The number of unbranched alkanes of at least 4 members (excludes halogenated alkanes) is 1. The van der Waals surface area contributed by atoms with Gasteiger partial charge in [0.05, 0.1) is 11.5 Å². The number of ether oxygens (including phenoxy) is 2. The van der Waals surface area contributed by atoms with Gasteiger partial charge < -0.3 is 9.47 Å². The highest BCUT2D eigenvalue weighted by Crippen LogP contribution is 2.11. The van der Waals surface area contributed by atoms with Gasteiger partial charge in [0, 0.05) is 13.7 Å². The minimum Gasteiger partial charge on any atom is -0.359 e. The van der Waals surface area contributed by atoms with Gasteiger partial charge in [0.15, 0.2) is 0 Å². The van der Waals surface area contributed by atoms with Crippen LogP contribution in [-0.2, 0) is 23.8 Å². The zero-order valence-electron chi connectivity index (χ0n) is 10.4. The molecule has 0 fully saturated rings. The van der Waals surface area contributed by atoms with E-state index < -0.39 is 10.1 Å². The first-order valence-corrected chi connectivity index (χ1v) is 7.09. The van der Waals surface area contributed by atoms with Gasteiger partial charge in [0.2, 0.25) is 0 Å². The van der Waals surface area contributed by atoms with Gasteiger partial charge in [-0.05, 0) is 25.0 Å². The first-order valence-electron chi connectivity index (χ1n) is 5.68. The third-order valence-electron chi connectivity index (χ3n) is 2.15. The molecule has 102 valence electrons. The summed E-state index contributed by atoms with van der Waals surface area (Å²) in [5, 5.41) is 0. The highest BCUT2D eigenvalue weighted by molar-refractivity contribution is 7.86. The highest BCUT2D eigenvalue weighted by atomic mass is 32.2. The second-order valence-electron chi connectivity index (χ2n) is 3.61. The van der Waals surface area contributed by atoms with Crippen LogP contribution in [0, 0.1) is 0 Å². The third kappa shape index (κ3) is 5.59. The van der Waals surface area contributed by atoms with E-state index in [1.54, 1.807) is 25.3 Å². The van der Waals surface area contributed by atoms with E-state index in [0.717, 1.165) is 6.42 Å². The third-order valence-corrected chi connectivity index (χ3v) is 3.48. The molecule has 0 atom stereocenters. The Morgan fingerprint density at radius 2 is 1.72 bits per heavy atom. The molecule has 0 N–H and O–H groups in total. The molecule has 0 spiro atoms. The number of methoxy groups -OCH3 is 1. The number of rotatable bonds is 9. The van der Waals surface area contributed by atoms with Crippen molar-refractivity contribution in [2.45, 2.75) is 17.7 Å². The monoisotopic (exact) mass is 274 g/mol. The van der Waals surface area contributed by atoms with Crippen molar-refractivity contribution in [2.75, 3.05) is 27.1 Å². The minimum absolute atomic E-state index is 0.160. The molecule has 0 aliphatic rings. The lowest BCUT2D eigenvalue weighted by Crippen LogP contribution is -2.08. The van der Waals surface area contributed by atoms with E-state index in [1.165, 1.54) is 12.1 Å². The van der Waals surface area contributed by atoms with Gasteiger partial charge in [-0.3, -0.25) is 4.18 Å². The molecule has 1 rings (SSSR count). The molecule has 0 radical (unpaired) electrons. The lowest BCUT2D eigenvalue weighted by atomic mass is 10.3. The van der Waals surface area contributed by atoms with Crippen LogP contribution in [-0.4, -0.2) is 35.5 Å². The first kappa shape index (κ1) is 15.1. The van der Waals surface area contributed by atoms with Crippen LogP contribution in [0.15, 0.2) is 35.2 Å². The van der Waals surface area contributed by atoms with Gasteiger partial charge in [-0.2, -0.15) is 8.42 Å². The molecule has 0 saturated heterocycles. The Morgan fingerprint density at radius 3 is 2.39 bits per heavy atom. The molecule has 0 unspecified atom stereocenters. The largest absolute Gasteiger partial charge is 0.359 e. The van der Waals surface area contributed by atoms with Gasteiger partial charge in [0.1, 0.15) is 6.79 Å². The first-order chi connectivity index (χ1) is 8.67. The summed E-state index contributed by atoms with van der Waals surface area (Å²) < 4.78 is 38.1. The Hall–Kier alpha value is -0.950. The van der Waals surface area contributed by atoms with Crippen LogP contribution >= 0.6 is 0 Å². The molecule has 5 nitrogen and oxygen atoms in total. The minimum atomic E-state index is -3.62. The summed E-state index contributed by atoms with van der Waals surface area (Å²) in [4.78, 5) is 0.181. The molecule has 0 bridgehead atoms. The number of benzene rings is 1. The van der Waals surface area contributed by atoms with Crippen LogP contribution in [0.1, 0.15) is 12.8 Å². The van der Waals surface area contributed by atoms with Crippen molar-refractivity contribution in [2.24, 2.45) is 0 Å². The Kier molecular flexibility index (Phi) is 6.89. The van der Waals surface area contributed by atoms with Crippen LogP contribution in [0.4, 0.5) is 0 Å². The summed E-state index contributed by atoms with van der Waals surface area (Å²) in [6.07, 6.45) is 1.35. The average Bonchev–Trinajstić information content (AvgIpc) is 2.39. The van der Waals surface area contributed by atoms with Crippen molar-refractivity contribution in [3.8, 4) is 0 Å². The van der Waals surface area contributed by atoms with Crippen molar-refractivity contribution in [1.29, 1.82) is 0 Å². The standard InChI is InChI=1S/C12H18O5S/c1-15-11-16-9-5-6-10-17-18(13,14)12-7-3-2-4-8-12/h2-4,7-8H,5-6,9-11H2,1H3. The van der Waals surface area contributed by atoms with E-state index in [0.29, 0.717) is 13.0 Å². The summed E-state index contributed by atoms with van der Waals surface area (Å²) in [6.45, 7) is 0.944. The summed E-state index contributed by atoms with van der Waals surface area (Å²) >= 11 is 0. The van der Waals surface area contributed by atoms with E-state index in [9.17, 15) is 8.42 Å². The van der Waals surface area contributed by atoms with Crippen LogP contribution in [0.3, 0.4) is 0 Å². The summed E-state index contributed by atoms with van der Waals surface area (Å²) in [5.41, 5.74) is 0. The molecule has 0 amide bonds. The van der Waals surface area contributed by atoms with Crippen molar-refractivity contribution in [1.82, 2.24) is 0 Å². The Balaban J connectivity index is 2.23. The second-order valence-corrected chi connectivity index (χ2v) is 5.23. The van der Waals surface area contributed by atoms with E-state index in [-0.39, 0.29) is 18.3 Å². The Morgan fingerprint density at radius 1 is 1.06 bits per heavy atom. The molecule has 18 heavy (non-hydrogen) atoms. The predicted molar refractivity (Wildman–Crippen MR) is 66.6 cm³/mol. The fourth-order valence-electron chi connectivity index (χ4n) is 1.27. The summed E-state index contributed by atoms with van der Waals surface area (Å²) in [5.74, 6) is 0. The molecule has 0 aromatic heterocycles.